The van der Waals surface area contributed by atoms with E-state index in [0.717, 1.165) is 17.5 Å². The maximum Gasteiger partial charge on any atom is 0.256 e. The van der Waals surface area contributed by atoms with Crippen molar-refractivity contribution in [3.05, 3.63) is 49.6 Å². The number of nitrogens with one attached hydrogen (secondary N) is 1. The maximum atomic E-state index is 12.2. The largest absolute Gasteiger partial charge is 0.321 e. The molecule has 0 aliphatic heterocycles. The van der Waals surface area contributed by atoms with Gasteiger partial charge in [-0.15, -0.1) is 11.3 Å². The molecular weight excluding hydrogens is 301 g/mol. The summed E-state index contributed by atoms with van der Waals surface area (Å²) in [6.07, 6.45) is 0.840. The standard InChI is InChI=1S/C14H13Cl2NOS/c1-3-10-8(2)19-7-11(10)14(18)17-13-5-4-9(15)6-12(13)16/h4-7H,3H2,1-2H3,(H,17,18). The van der Waals surface area contributed by atoms with Gasteiger partial charge in [-0.2, -0.15) is 0 Å². The number of hydrogen-bond donors (Lipinski definition) is 1. The van der Waals surface area contributed by atoms with Crippen LogP contribution < -0.4 is 5.32 Å². The third-order valence-corrected chi connectivity index (χ3v) is 4.38. The van der Waals surface area contributed by atoms with Crippen molar-refractivity contribution in [3.8, 4) is 0 Å². The Morgan fingerprint density at radius 1 is 1.37 bits per heavy atom. The summed E-state index contributed by atoms with van der Waals surface area (Å²) < 4.78 is 0. The number of rotatable bonds is 3. The van der Waals surface area contributed by atoms with Crippen molar-refractivity contribution in [2.45, 2.75) is 20.3 Å². The second-order valence-corrected chi connectivity index (χ2v) is 6.04. The molecule has 0 atom stereocenters. The van der Waals surface area contributed by atoms with E-state index >= 15 is 0 Å². The monoisotopic (exact) mass is 313 g/mol. The molecule has 1 heterocycles. The van der Waals surface area contributed by atoms with E-state index in [2.05, 4.69) is 5.32 Å². The highest BCUT2D eigenvalue weighted by atomic mass is 35.5. The molecule has 2 rings (SSSR count). The van der Waals surface area contributed by atoms with Crippen LogP contribution in [0.5, 0.6) is 0 Å². The molecule has 0 bridgehead atoms. The van der Waals surface area contributed by atoms with Gasteiger partial charge in [0.05, 0.1) is 16.3 Å². The average Bonchev–Trinajstić information content (AvgIpc) is 2.74. The number of anilines is 1. The zero-order chi connectivity index (χ0) is 14.0. The van der Waals surface area contributed by atoms with Crippen LogP contribution in [0, 0.1) is 6.92 Å². The summed E-state index contributed by atoms with van der Waals surface area (Å²) in [7, 11) is 0. The quantitative estimate of drug-likeness (QED) is 0.831. The first-order valence-electron chi connectivity index (χ1n) is 5.86. The molecule has 2 nitrogen and oxygen atoms in total. The van der Waals surface area contributed by atoms with E-state index < -0.39 is 0 Å². The van der Waals surface area contributed by atoms with E-state index in [9.17, 15) is 4.79 Å². The van der Waals surface area contributed by atoms with Crippen LogP contribution in [0.4, 0.5) is 5.69 Å². The van der Waals surface area contributed by atoms with Crippen molar-refractivity contribution in [1.29, 1.82) is 0 Å². The molecule has 0 spiro atoms. The zero-order valence-electron chi connectivity index (χ0n) is 10.6. The van der Waals surface area contributed by atoms with E-state index in [1.165, 1.54) is 4.88 Å². The Morgan fingerprint density at radius 3 is 2.74 bits per heavy atom. The Hall–Kier alpha value is -1.03. The zero-order valence-corrected chi connectivity index (χ0v) is 12.9. The smallest absolute Gasteiger partial charge is 0.256 e. The molecule has 0 aliphatic carbocycles. The van der Waals surface area contributed by atoms with Crippen molar-refractivity contribution in [2.24, 2.45) is 0 Å². The molecule has 1 amide bonds. The molecule has 0 aliphatic rings. The van der Waals surface area contributed by atoms with Gasteiger partial charge < -0.3 is 5.32 Å². The molecule has 19 heavy (non-hydrogen) atoms. The van der Waals surface area contributed by atoms with Gasteiger partial charge in [0, 0.05) is 15.3 Å². The van der Waals surface area contributed by atoms with E-state index in [0.29, 0.717) is 15.7 Å². The Kier molecular flexibility index (Phi) is 4.50. The van der Waals surface area contributed by atoms with Crippen LogP contribution in [0.15, 0.2) is 23.6 Å². The fraction of sp³-hybridized carbons (Fsp3) is 0.214. The summed E-state index contributed by atoms with van der Waals surface area (Å²) >= 11 is 13.5. The van der Waals surface area contributed by atoms with Gasteiger partial charge in [0.25, 0.3) is 5.91 Å². The predicted molar refractivity (Wildman–Crippen MR) is 82.8 cm³/mol. The lowest BCUT2D eigenvalue weighted by atomic mass is 10.1. The van der Waals surface area contributed by atoms with Crippen LogP contribution in [0.2, 0.25) is 10.0 Å². The summed E-state index contributed by atoms with van der Waals surface area (Å²) in [5.74, 6) is -0.134. The molecular formula is C14H13Cl2NOS. The van der Waals surface area contributed by atoms with Crippen LogP contribution >= 0.6 is 34.5 Å². The van der Waals surface area contributed by atoms with Gasteiger partial charge in [-0.1, -0.05) is 30.1 Å². The summed E-state index contributed by atoms with van der Waals surface area (Å²) in [5, 5.41) is 5.68. The normalized spacial score (nSPS) is 10.5. The Morgan fingerprint density at radius 2 is 2.11 bits per heavy atom. The van der Waals surface area contributed by atoms with Crippen LogP contribution in [-0.2, 0) is 6.42 Å². The fourth-order valence-electron chi connectivity index (χ4n) is 1.89. The van der Waals surface area contributed by atoms with Crippen molar-refractivity contribution in [1.82, 2.24) is 0 Å². The second-order valence-electron chi connectivity index (χ2n) is 4.12. The molecule has 0 saturated heterocycles. The van der Waals surface area contributed by atoms with Gasteiger partial charge in [-0.25, -0.2) is 0 Å². The van der Waals surface area contributed by atoms with Crippen LogP contribution in [-0.4, -0.2) is 5.91 Å². The highest BCUT2D eigenvalue weighted by Crippen LogP contribution is 2.27. The molecule has 100 valence electrons. The van der Waals surface area contributed by atoms with Crippen molar-refractivity contribution in [3.63, 3.8) is 0 Å². The fourth-order valence-corrected chi connectivity index (χ4v) is 3.29. The molecule has 2 aromatic rings. The summed E-state index contributed by atoms with van der Waals surface area (Å²) in [5.41, 5.74) is 2.38. The molecule has 1 aromatic carbocycles. The summed E-state index contributed by atoms with van der Waals surface area (Å²) in [6, 6.07) is 5.01. The highest BCUT2D eigenvalue weighted by Gasteiger charge is 2.15. The minimum absolute atomic E-state index is 0.134. The molecule has 5 heteroatoms. The predicted octanol–water partition coefficient (Wildman–Crippen LogP) is 5.18. The number of halogens is 2. The molecule has 0 saturated carbocycles. The number of aryl methyl sites for hydroxylation is 1. The third kappa shape index (κ3) is 3.11. The maximum absolute atomic E-state index is 12.2. The lowest BCUT2D eigenvalue weighted by molar-refractivity contribution is 0.102. The third-order valence-electron chi connectivity index (χ3n) is 2.88. The Labute approximate surface area is 126 Å². The lowest BCUT2D eigenvalue weighted by Crippen LogP contribution is -2.13. The second kappa shape index (κ2) is 5.95. The first-order valence-corrected chi connectivity index (χ1v) is 7.49. The first-order chi connectivity index (χ1) is 9.02. The van der Waals surface area contributed by atoms with Crippen molar-refractivity contribution >= 4 is 46.1 Å². The van der Waals surface area contributed by atoms with Crippen LogP contribution in [0.3, 0.4) is 0 Å². The minimum Gasteiger partial charge on any atom is -0.321 e. The van der Waals surface area contributed by atoms with Gasteiger partial charge >= 0.3 is 0 Å². The molecule has 0 fully saturated rings. The van der Waals surface area contributed by atoms with Gasteiger partial charge in [-0.3, -0.25) is 4.79 Å². The number of carbonyl (C=O) groups excluding carboxylic acids is 1. The average molecular weight is 314 g/mol. The first kappa shape index (κ1) is 14.4. The van der Waals surface area contributed by atoms with Gasteiger partial charge in [-0.05, 0) is 37.1 Å². The molecule has 0 unspecified atom stereocenters. The van der Waals surface area contributed by atoms with Crippen molar-refractivity contribution < 1.29 is 4.79 Å². The summed E-state index contributed by atoms with van der Waals surface area (Å²) in [6.45, 7) is 4.07. The minimum atomic E-state index is -0.134. The Bertz CT molecular complexity index is 622. The lowest BCUT2D eigenvalue weighted by Gasteiger charge is -2.08. The van der Waals surface area contributed by atoms with Gasteiger partial charge in [0.15, 0.2) is 0 Å². The van der Waals surface area contributed by atoms with Crippen molar-refractivity contribution in [2.75, 3.05) is 5.32 Å². The highest BCUT2D eigenvalue weighted by molar-refractivity contribution is 7.10. The topological polar surface area (TPSA) is 29.1 Å². The van der Waals surface area contributed by atoms with Gasteiger partial charge in [0.1, 0.15) is 0 Å². The SMILES string of the molecule is CCc1c(C(=O)Nc2ccc(Cl)cc2Cl)csc1C. The van der Waals surface area contributed by atoms with Crippen LogP contribution in [0.25, 0.3) is 0 Å². The molecule has 1 aromatic heterocycles. The number of benzene rings is 1. The molecule has 0 radical (unpaired) electrons. The van der Waals surface area contributed by atoms with Gasteiger partial charge in [0.2, 0.25) is 0 Å². The van der Waals surface area contributed by atoms with E-state index in [1.54, 1.807) is 29.5 Å². The molecule has 1 N–H and O–H groups in total. The van der Waals surface area contributed by atoms with E-state index in [1.807, 2.05) is 19.2 Å². The van der Waals surface area contributed by atoms with Crippen LogP contribution in [0.1, 0.15) is 27.7 Å². The summed E-state index contributed by atoms with van der Waals surface area (Å²) in [4.78, 5) is 13.4. The van der Waals surface area contributed by atoms with E-state index in [4.69, 9.17) is 23.2 Å². The van der Waals surface area contributed by atoms with E-state index in [-0.39, 0.29) is 5.91 Å². The number of thiophene rings is 1. The number of amides is 1. The number of hydrogen-bond acceptors (Lipinski definition) is 2. The Balaban J connectivity index is 2.25. The number of carbonyl (C=O) groups is 1.